The summed E-state index contributed by atoms with van der Waals surface area (Å²) in [4.78, 5) is 12.8. The summed E-state index contributed by atoms with van der Waals surface area (Å²) >= 11 is 0. The molecule has 0 amide bonds. The number of anilines is 3. The number of methoxy groups -OCH3 is 1. The smallest absolute Gasteiger partial charge is 0.208 e. The van der Waals surface area contributed by atoms with Crippen molar-refractivity contribution in [1.82, 2.24) is 15.4 Å². The van der Waals surface area contributed by atoms with Crippen molar-refractivity contribution in [3.63, 3.8) is 0 Å². The number of hydrogen-bond donors (Lipinski definition) is 4. The largest absolute Gasteiger partial charge is 0.497 e. The van der Waals surface area contributed by atoms with Gasteiger partial charge < -0.3 is 15.8 Å². The van der Waals surface area contributed by atoms with E-state index in [4.69, 9.17) is 10.5 Å². The normalized spacial score (nSPS) is 19.2. The molecule has 1 aromatic heterocycles. The Kier molecular flexibility index (Phi) is 5.88. The van der Waals surface area contributed by atoms with Crippen LogP contribution in [0.4, 0.5) is 17.3 Å². The third-order valence-electron chi connectivity index (χ3n) is 3.98. The van der Waals surface area contributed by atoms with E-state index in [-0.39, 0.29) is 17.9 Å². The fourth-order valence-electron chi connectivity index (χ4n) is 2.56. The molecule has 1 aliphatic rings. The van der Waals surface area contributed by atoms with Gasteiger partial charge in [-0.25, -0.2) is 15.0 Å². The molecule has 3 rings (SSSR count). The maximum atomic E-state index is 5.97. The predicted molar refractivity (Wildman–Crippen MR) is 107 cm³/mol. The van der Waals surface area contributed by atoms with E-state index < -0.39 is 0 Å². The number of ether oxygens (including phenoxy) is 1. The first-order valence-electron chi connectivity index (χ1n) is 8.57. The summed E-state index contributed by atoms with van der Waals surface area (Å²) in [5, 5.41) is 3.21. The number of nitrogens with two attached hydrogens (primary N) is 1. The molecule has 0 saturated carbocycles. The summed E-state index contributed by atoms with van der Waals surface area (Å²) in [6, 6.07) is 11.5. The Hall–Kier alpha value is -3.55. The summed E-state index contributed by atoms with van der Waals surface area (Å²) in [6.45, 7) is 2.06. The molecule has 1 aromatic carbocycles. The van der Waals surface area contributed by atoms with Crippen molar-refractivity contribution in [2.75, 3.05) is 17.9 Å². The van der Waals surface area contributed by atoms with Gasteiger partial charge in [0.05, 0.1) is 13.2 Å². The van der Waals surface area contributed by atoms with Crippen LogP contribution in [0.3, 0.4) is 0 Å². The van der Waals surface area contributed by atoms with Gasteiger partial charge in [-0.05, 0) is 24.3 Å². The van der Waals surface area contributed by atoms with E-state index >= 15 is 0 Å². The van der Waals surface area contributed by atoms with E-state index in [0.29, 0.717) is 11.6 Å². The minimum atomic E-state index is -0.0566. The van der Waals surface area contributed by atoms with Crippen molar-refractivity contribution >= 4 is 23.3 Å². The topological polar surface area (TPSA) is 109 Å². The standard InChI is InChI=1S/C19H23N7O/c1-13-10-15(27-2)8-9-16(13)24-19(20)26-25-18-11-17(21-12-22-18)23-14-6-4-3-5-7-14/h3-13,16H,1-2H3,(H3,20,24,26)(H2,21,22,23,25). The number of aromatic nitrogens is 2. The Morgan fingerprint density at radius 1 is 1.19 bits per heavy atom. The molecule has 2 atom stereocenters. The van der Waals surface area contributed by atoms with E-state index in [2.05, 4.69) is 38.1 Å². The zero-order chi connectivity index (χ0) is 19.1. The number of aliphatic imine (C=N–C) groups is 1. The van der Waals surface area contributed by atoms with E-state index in [1.54, 1.807) is 13.2 Å². The van der Waals surface area contributed by atoms with Gasteiger partial charge in [-0.15, -0.1) is 0 Å². The maximum absolute atomic E-state index is 5.97. The molecule has 0 bridgehead atoms. The number of rotatable bonds is 6. The minimum absolute atomic E-state index is 0.0566. The number of benzene rings is 1. The zero-order valence-corrected chi connectivity index (χ0v) is 15.3. The second-order valence-electron chi connectivity index (χ2n) is 6.03. The monoisotopic (exact) mass is 365 g/mol. The van der Waals surface area contributed by atoms with Gasteiger partial charge in [-0.2, -0.15) is 0 Å². The number of allylic oxidation sites excluding steroid dienone is 1. The molecule has 8 nitrogen and oxygen atoms in total. The molecule has 0 saturated heterocycles. The highest BCUT2D eigenvalue weighted by molar-refractivity contribution is 5.79. The van der Waals surface area contributed by atoms with Crippen LogP contribution < -0.4 is 21.9 Å². The quantitative estimate of drug-likeness (QED) is 0.354. The van der Waals surface area contributed by atoms with Crippen LogP contribution in [0, 0.1) is 5.92 Å². The van der Waals surface area contributed by atoms with Crippen LogP contribution in [0.5, 0.6) is 0 Å². The van der Waals surface area contributed by atoms with E-state index in [1.807, 2.05) is 48.6 Å². The van der Waals surface area contributed by atoms with Crippen molar-refractivity contribution in [1.29, 1.82) is 0 Å². The van der Waals surface area contributed by atoms with Crippen molar-refractivity contribution < 1.29 is 4.74 Å². The lowest BCUT2D eigenvalue weighted by Gasteiger charge is -2.20. The Morgan fingerprint density at radius 3 is 2.70 bits per heavy atom. The highest BCUT2D eigenvalue weighted by Crippen LogP contribution is 2.20. The molecule has 5 N–H and O–H groups in total. The van der Waals surface area contributed by atoms with Crippen LogP contribution in [0.1, 0.15) is 6.92 Å². The zero-order valence-electron chi connectivity index (χ0n) is 15.3. The summed E-state index contributed by atoms with van der Waals surface area (Å²) < 4.78 is 5.22. The summed E-state index contributed by atoms with van der Waals surface area (Å²) in [7, 11) is 1.65. The first-order chi connectivity index (χ1) is 13.1. The average molecular weight is 365 g/mol. The summed E-state index contributed by atoms with van der Waals surface area (Å²) in [5.74, 6) is 2.51. The Bertz CT molecular complexity index is 848. The van der Waals surface area contributed by atoms with Crippen molar-refractivity contribution in [3.05, 3.63) is 66.7 Å². The Morgan fingerprint density at radius 2 is 1.96 bits per heavy atom. The molecule has 0 spiro atoms. The van der Waals surface area contributed by atoms with Crippen LogP contribution in [0.25, 0.3) is 0 Å². The van der Waals surface area contributed by atoms with E-state index in [9.17, 15) is 0 Å². The molecule has 0 radical (unpaired) electrons. The molecule has 1 aliphatic carbocycles. The fourth-order valence-corrected chi connectivity index (χ4v) is 2.56. The SMILES string of the molecule is COC1=CC(C)C(N=C(N)NNc2cc(Nc3ccccc3)ncn2)C=C1. The van der Waals surface area contributed by atoms with Gasteiger partial charge in [0.25, 0.3) is 0 Å². The number of para-hydroxylation sites is 1. The van der Waals surface area contributed by atoms with Crippen LogP contribution in [0.2, 0.25) is 0 Å². The first-order valence-corrected chi connectivity index (χ1v) is 8.57. The number of hydrogen-bond acceptors (Lipinski definition) is 6. The minimum Gasteiger partial charge on any atom is -0.497 e. The third kappa shape index (κ3) is 5.21. The van der Waals surface area contributed by atoms with Gasteiger partial charge in [-0.1, -0.05) is 31.2 Å². The number of nitrogens with one attached hydrogen (secondary N) is 3. The fraction of sp³-hybridized carbons (Fsp3) is 0.211. The predicted octanol–water partition coefficient (Wildman–Crippen LogP) is 2.56. The highest BCUT2D eigenvalue weighted by Gasteiger charge is 2.16. The molecule has 2 aromatic rings. The van der Waals surface area contributed by atoms with Crippen molar-refractivity contribution in [2.45, 2.75) is 13.0 Å². The molecular formula is C19H23N7O. The van der Waals surface area contributed by atoms with Crippen molar-refractivity contribution in [2.24, 2.45) is 16.6 Å². The van der Waals surface area contributed by atoms with Gasteiger partial charge in [0.15, 0.2) is 0 Å². The first kappa shape index (κ1) is 18.2. The average Bonchev–Trinajstić information content (AvgIpc) is 2.69. The van der Waals surface area contributed by atoms with E-state index in [0.717, 1.165) is 11.4 Å². The van der Waals surface area contributed by atoms with Gasteiger partial charge in [0.2, 0.25) is 5.96 Å². The molecule has 8 heteroatoms. The van der Waals surface area contributed by atoms with Crippen LogP contribution in [-0.4, -0.2) is 29.1 Å². The number of nitrogens with zero attached hydrogens (tertiary/aromatic N) is 3. The molecule has 0 fully saturated rings. The summed E-state index contributed by atoms with van der Waals surface area (Å²) in [5.41, 5.74) is 12.7. The van der Waals surface area contributed by atoms with Gasteiger partial charge in [0.1, 0.15) is 23.7 Å². The van der Waals surface area contributed by atoms with E-state index in [1.165, 1.54) is 6.33 Å². The molecule has 27 heavy (non-hydrogen) atoms. The summed E-state index contributed by atoms with van der Waals surface area (Å²) in [6.07, 6.45) is 7.33. The molecule has 2 unspecified atom stereocenters. The van der Waals surface area contributed by atoms with Crippen LogP contribution in [0.15, 0.2) is 71.7 Å². The lowest BCUT2D eigenvalue weighted by Crippen LogP contribution is -2.38. The second-order valence-corrected chi connectivity index (χ2v) is 6.03. The third-order valence-corrected chi connectivity index (χ3v) is 3.98. The number of hydrazine groups is 1. The van der Waals surface area contributed by atoms with Crippen LogP contribution in [-0.2, 0) is 4.74 Å². The lowest BCUT2D eigenvalue weighted by atomic mass is 9.97. The van der Waals surface area contributed by atoms with Gasteiger partial charge >= 0.3 is 0 Å². The highest BCUT2D eigenvalue weighted by atomic mass is 16.5. The second kappa shape index (κ2) is 8.70. The molecule has 0 aliphatic heterocycles. The van der Waals surface area contributed by atoms with Gasteiger partial charge in [0, 0.05) is 17.7 Å². The lowest BCUT2D eigenvalue weighted by molar-refractivity contribution is 0.299. The maximum Gasteiger partial charge on any atom is 0.208 e. The van der Waals surface area contributed by atoms with Crippen molar-refractivity contribution in [3.8, 4) is 0 Å². The molecular weight excluding hydrogens is 342 g/mol. The Balaban J connectivity index is 1.57. The molecule has 140 valence electrons. The molecule has 1 heterocycles. The van der Waals surface area contributed by atoms with Crippen LogP contribution >= 0.6 is 0 Å². The van der Waals surface area contributed by atoms with Gasteiger partial charge in [-0.3, -0.25) is 10.9 Å². The Labute approximate surface area is 158 Å². The number of guanidine groups is 1.